The Labute approximate surface area is 149 Å². The predicted octanol–water partition coefficient (Wildman–Crippen LogP) is 3.29. The lowest BCUT2D eigenvalue weighted by Gasteiger charge is -2.39. The second kappa shape index (κ2) is 7.10. The van der Waals surface area contributed by atoms with Crippen LogP contribution < -0.4 is 0 Å². The van der Waals surface area contributed by atoms with Crippen LogP contribution in [0.1, 0.15) is 25.3 Å². The maximum atomic E-state index is 12.8. The lowest BCUT2D eigenvalue weighted by molar-refractivity contribution is -0.128. The number of hydrogen-bond donors (Lipinski definition) is 0. The predicted molar refractivity (Wildman–Crippen MR) is 97.7 cm³/mol. The minimum absolute atomic E-state index is 0.146. The molecule has 4 nitrogen and oxygen atoms in total. The second-order valence-electron chi connectivity index (χ2n) is 6.72. The van der Waals surface area contributed by atoms with E-state index < -0.39 is 15.4 Å². The van der Waals surface area contributed by atoms with Crippen LogP contribution in [0, 0.1) is 5.41 Å². The molecule has 132 valence electrons. The number of carbonyl (C=O) groups excluding carboxylic acids is 1. The Morgan fingerprint density at radius 1 is 0.960 bits per heavy atom. The van der Waals surface area contributed by atoms with Crippen molar-refractivity contribution < 1.29 is 13.2 Å². The van der Waals surface area contributed by atoms with Gasteiger partial charge in [-0.15, -0.1) is 0 Å². The van der Waals surface area contributed by atoms with Crippen molar-refractivity contribution in [2.24, 2.45) is 5.41 Å². The van der Waals surface area contributed by atoms with Crippen molar-refractivity contribution in [3.05, 3.63) is 66.2 Å². The zero-order valence-corrected chi connectivity index (χ0v) is 15.2. The number of rotatable bonds is 5. The molecule has 3 rings (SSSR count). The topological polar surface area (TPSA) is 54.5 Å². The highest BCUT2D eigenvalue weighted by atomic mass is 32.2. The third-order valence-corrected chi connectivity index (χ3v) is 7.11. The van der Waals surface area contributed by atoms with Crippen LogP contribution in [0.3, 0.4) is 0 Å². The standard InChI is InChI=1S/C20H23NO3S/c1-17(22)20(16-18-8-4-2-5-9-18)12-14-21(15-13-20)25(23,24)19-10-6-3-7-11-19/h2-11H,12-16H2,1H3. The summed E-state index contributed by atoms with van der Waals surface area (Å²) in [5, 5.41) is 0. The fourth-order valence-corrected chi connectivity index (χ4v) is 5.00. The molecule has 0 amide bonds. The molecule has 0 aromatic heterocycles. The van der Waals surface area contributed by atoms with Gasteiger partial charge in [-0.2, -0.15) is 4.31 Å². The molecule has 0 N–H and O–H groups in total. The molecule has 1 fully saturated rings. The molecular weight excluding hydrogens is 334 g/mol. The summed E-state index contributed by atoms with van der Waals surface area (Å²) in [5.74, 6) is 0.146. The summed E-state index contributed by atoms with van der Waals surface area (Å²) >= 11 is 0. The molecule has 0 unspecified atom stereocenters. The van der Waals surface area contributed by atoms with Gasteiger partial charge in [-0.25, -0.2) is 8.42 Å². The number of benzene rings is 2. The van der Waals surface area contributed by atoms with E-state index in [2.05, 4.69) is 0 Å². The van der Waals surface area contributed by atoms with Gasteiger partial charge in [-0.1, -0.05) is 48.5 Å². The quantitative estimate of drug-likeness (QED) is 0.825. The van der Waals surface area contributed by atoms with Crippen LogP contribution in [0.15, 0.2) is 65.6 Å². The lowest BCUT2D eigenvalue weighted by atomic mass is 9.71. The molecule has 2 aromatic carbocycles. The molecule has 1 heterocycles. The maximum absolute atomic E-state index is 12.8. The highest BCUT2D eigenvalue weighted by Gasteiger charge is 2.41. The van der Waals surface area contributed by atoms with Crippen LogP contribution in [0.5, 0.6) is 0 Å². The van der Waals surface area contributed by atoms with E-state index in [9.17, 15) is 13.2 Å². The molecule has 0 spiro atoms. The highest BCUT2D eigenvalue weighted by Crippen LogP contribution is 2.37. The summed E-state index contributed by atoms with van der Waals surface area (Å²) in [4.78, 5) is 12.7. The van der Waals surface area contributed by atoms with Gasteiger partial charge in [0.25, 0.3) is 0 Å². The summed E-state index contributed by atoms with van der Waals surface area (Å²) in [5.41, 5.74) is 0.654. The van der Waals surface area contributed by atoms with Gasteiger partial charge in [0.15, 0.2) is 0 Å². The molecule has 0 saturated carbocycles. The van der Waals surface area contributed by atoms with Crippen LogP contribution in [0.25, 0.3) is 0 Å². The average Bonchev–Trinajstić information content (AvgIpc) is 2.63. The van der Waals surface area contributed by atoms with Crippen molar-refractivity contribution in [3.63, 3.8) is 0 Å². The second-order valence-corrected chi connectivity index (χ2v) is 8.65. The van der Waals surface area contributed by atoms with Crippen LogP contribution in [-0.4, -0.2) is 31.6 Å². The van der Waals surface area contributed by atoms with Crippen molar-refractivity contribution in [2.45, 2.75) is 31.1 Å². The third-order valence-electron chi connectivity index (χ3n) is 5.19. The molecular formula is C20H23NO3S. The van der Waals surface area contributed by atoms with Crippen LogP contribution in [-0.2, 0) is 21.2 Å². The summed E-state index contributed by atoms with van der Waals surface area (Å²) in [6.07, 6.45) is 1.79. The van der Waals surface area contributed by atoms with Crippen LogP contribution in [0.4, 0.5) is 0 Å². The van der Waals surface area contributed by atoms with Crippen molar-refractivity contribution in [1.82, 2.24) is 4.31 Å². The van der Waals surface area contributed by atoms with Crippen LogP contribution >= 0.6 is 0 Å². The van der Waals surface area contributed by atoms with E-state index >= 15 is 0 Å². The summed E-state index contributed by atoms with van der Waals surface area (Å²) in [6.45, 7) is 2.39. The maximum Gasteiger partial charge on any atom is 0.243 e. The van der Waals surface area contributed by atoms with E-state index in [0.29, 0.717) is 37.2 Å². The van der Waals surface area contributed by atoms with Crippen molar-refractivity contribution in [2.75, 3.05) is 13.1 Å². The molecule has 0 aliphatic carbocycles. The Morgan fingerprint density at radius 2 is 1.48 bits per heavy atom. The van der Waals surface area contributed by atoms with E-state index in [1.165, 1.54) is 4.31 Å². The van der Waals surface area contributed by atoms with Crippen molar-refractivity contribution in [3.8, 4) is 0 Å². The molecule has 1 saturated heterocycles. The first-order chi connectivity index (χ1) is 11.9. The van der Waals surface area contributed by atoms with E-state index in [0.717, 1.165) is 5.56 Å². The van der Waals surface area contributed by atoms with E-state index in [-0.39, 0.29) is 5.78 Å². The molecule has 5 heteroatoms. The zero-order chi connectivity index (χ0) is 17.9. The molecule has 1 aliphatic rings. The SMILES string of the molecule is CC(=O)C1(Cc2ccccc2)CCN(S(=O)(=O)c2ccccc2)CC1. The first kappa shape index (κ1) is 17.8. The minimum Gasteiger partial charge on any atom is -0.299 e. The zero-order valence-electron chi connectivity index (χ0n) is 14.4. The number of ketones is 1. The Balaban J connectivity index is 1.78. The van der Waals surface area contributed by atoms with E-state index in [1.807, 2.05) is 30.3 Å². The minimum atomic E-state index is -3.49. The van der Waals surface area contributed by atoms with E-state index in [4.69, 9.17) is 0 Å². The van der Waals surface area contributed by atoms with Gasteiger partial charge in [0.2, 0.25) is 10.0 Å². The van der Waals surface area contributed by atoms with E-state index in [1.54, 1.807) is 37.3 Å². The van der Waals surface area contributed by atoms with Gasteiger partial charge in [0, 0.05) is 18.5 Å². The third kappa shape index (κ3) is 3.67. The van der Waals surface area contributed by atoms with Gasteiger partial charge >= 0.3 is 0 Å². The molecule has 1 aliphatic heterocycles. The molecule has 0 bridgehead atoms. The Kier molecular flexibility index (Phi) is 5.06. The number of carbonyl (C=O) groups is 1. The number of nitrogens with zero attached hydrogens (tertiary/aromatic N) is 1. The first-order valence-corrected chi connectivity index (χ1v) is 9.98. The Hall–Kier alpha value is -1.98. The van der Waals surface area contributed by atoms with Crippen LogP contribution in [0.2, 0.25) is 0 Å². The first-order valence-electron chi connectivity index (χ1n) is 8.54. The number of Topliss-reactive ketones (excluding diaryl/α,β-unsaturated/α-hetero) is 1. The number of hydrogen-bond acceptors (Lipinski definition) is 3. The monoisotopic (exact) mass is 357 g/mol. The lowest BCUT2D eigenvalue weighted by Crippen LogP contribution is -2.46. The molecule has 0 radical (unpaired) electrons. The van der Waals surface area contributed by atoms with Crippen molar-refractivity contribution in [1.29, 1.82) is 0 Å². The molecule has 25 heavy (non-hydrogen) atoms. The summed E-state index contributed by atoms with van der Waals surface area (Å²) in [6, 6.07) is 18.4. The van der Waals surface area contributed by atoms with Gasteiger partial charge in [-0.3, -0.25) is 4.79 Å². The molecule has 2 aromatic rings. The van der Waals surface area contributed by atoms with Gasteiger partial charge in [0.05, 0.1) is 4.90 Å². The number of piperidine rings is 1. The van der Waals surface area contributed by atoms with Crippen molar-refractivity contribution >= 4 is 15.8 Å². The fourth-order valence-electron chi connectivity index (χ4n) is 3.54. The highest BCUT2D eigenvalue weighted by molar-refractivity contribution is 7.89. The average molecular weight is 357 g/mol. The Morgan fingerprint density at radius 3 is 2.00 bits per heavy atom. The van der Waals surface area contributed by atoms with Gasteiger partial charge in [-0.05, 0) is 43.9 Å². The fraction of sp³-hybridized carbons (Fsp3) is 0.350. The summed E-state index contributed by atoms with van der Waals surface area (Å²) < 4.78 is 27.0. The smallest absolute Gasteiger partial charge is 0.243 e. The largest absolute Gasteiger partial charge is 0.299 e. The van der Waals surface area contributed by atoms with Gasteiger partial charge in [0.1, 0.15) is 5.78 Å². The Bertz CT molecular complexity index is 824. The molecule has 0 atom stereocenters. The normalized spacial score (nSPS) is 18.0. The summed E-state index contributed by atoms with van der Waals surface area (Å²) in [7, 11) is -3.49. The number of sulfonamides is 1. The van der Waals surface area contributed by atoms with Gasteiger partial charge < -0.3 is 0 Å².